The SMILES string of the molecule is CCN(C=C[SiH](N(C)C)N(C)C)CC. The van der Waals surface area contributed by atoms with Gasteiger partial charge in [-0.05, 0) is 48.2 Å². The Morgan fingerprint density at radius 3 is 1.64 bits per heavy atom. The molecular weight excluding hydrogens is 190 g/mol. The summed E-state index contributed by atoms with van der Waals surface area (Å²) in [6.07, 6.45) is 2.25. The van der Waals surface area contributed by atoms with Crippen molar-refractivity contribution in [3.05, 3.63) is 11.9 Å². The Labute approximate surface area is 90.8 Å². The molecule has 3 nitrogen and oxygen atoms in total. The van der Waals surface area contributed by atoms with Gasteiger partial charge in [-0.3, -0.25) is 0 Å². The highest BCUT2D eigenvalue weighted by atomic mass is 28.3. The molecule has 0 aromatic heterocycles. The van der Waals surface area contributed by atoms with Crippen molar-refractivity contribution in [3.63, 3.8) is 0 Å². The van der Waals surface area contributed by atoms with Gasteiger partial charge in [0, 0.05) is 13.1 Å². The standard InChI is InChI=1S/C10H25N3Si/c1-7-13(8-2)9-10-14(11(3)4)12(5)6/h9-10,14H,7-8H2,1-6H3. The van der Waals surface area contributed by atoms with Crippen LogP contribution in [0.1, 0.15) is 13.8 Å². The number of nitrogens with zero attached hydrogens (tertiary/aromatic N) is 3. The zero-order chi connectivity index (χ0) is 11.1. The van der Waals surface area contributed by atoms with E-state index in [0.29, 0.717) is 0 Å². The van der Waals surface area contributed by atoms with Crippen LogP contribution in [0, 0.1) is 0 Å². The molecule has 0 spiro atoms. The molecular formula is C10H25N3Si. The highest BCUT2D eigenvalue weighted by Gasteiger charge is 2.12. The topological polar surface area (TPSA) is 9.72 Å². The van der Waals surface area contributed by atoms with Crippen molar-refractivity contribution >= 4 is 9.12 Å². The fourth-order valence-corrected chi connectivity index (χ4v) is 3.45. The van der Waals surface area contributed by atoms with Crippen molar-refractivity contribution < 1.29 is 0 Å². The van der Waals surface area contributed by atoms with Crippen LogP contribution in [0.4, 0.5) is 0 Å². The van der Waals surface area contributed by atoms with Gasteiger partial charge < -0.3 is 14.0 Å². The van der Waals surface area contributed by atoms with Crippen LogP contribution in [0.15, 0.2) is 11.9 Å². The second-order valence-corrected chi connectivity index (χ2v) is 7.18. The monoisotopic (exact) mass is 215 g/mol. The first-order valence-electron chi connectivity index (χ1n) is 5.28. The van der Waals surface area contributed by atoms with Crippen LogP contribution in [0.2, 0.25) is 0 Å². The summed E-state index contributed by atoms with van der Waals surface area (Å²) in [5.41, 5.74) is 2.37. The van der Waals surface area contributed by atoms with E-state index in [2.05, 4.69) is 68.0 Å². The molecule has 14 heavy (non-hydrogen) atoms. The van der Waals surface area contributed by atoms with Gasteiger partial charge >= 0.3 is 0 Å². The van der Waals surface area contributed by atoms with Crippen LogP contribution >= 0.6 is 0 Å². The van der Waals surface area contributed by atoms with Crippen LogP contribution < -0.4 is 0 Å². The Morgan fingerprint density at radius 2 is 1.36 bits per heavy atom. The Kier molecular flexibility index (Phi) is 6.87. The Balaban J connectivity index is 4.27. The van der Waals surface area contributed by atoms with Crippen LogP contribution in [0.5, 0.6) is 0 Å². The van der Waals surface area contributed by atoms with E-state index in [-0.39, 0.29) is 0 Å². The zero-order valence-corrected chi connectivity index (χ0v) is 11.6. The van der Waals surface area contributed by atoms with Crippen molar-refractivity contribution in [1.82, 2.24) is 14.0 Å². The summed E-state index contributed by atoms with van der Waals surface area (Å²) in [5, 5.41) is 0. The predicted octanol–water partition coefficient (Wildman–Crippen LogP) is 0.725. The van der Waals surface area contributed by atoms with E-state index in [4.69, 9.17) is 0 Å². The van der Waals surface area contributed by atoms with Crippen LogP contribution in [0.3, 0.4) is 0 Å². The molecule has 0 aliphatic rings. The molecule has 0 fully saturated rings. The first-order chi connectivity index (χ1) is 6.52. The third kappa shape index (κ3) is 4.79. The maximum Gasteiger partial charge on any atom is 0.216 e. The Hall–Kier alpha value is -0.323. The highest BCUT2D eigenvalue weighted by molar-refractivity contribution is 6.58. The fraction of sp³-hybridized carbons (Fsp3) is 0.800. The summed E-state index contributed by atoms with van der Waals surface area (Å²) in [5.74, 6) is 0. The molecule has 0 saturated carbocycles. The summed E-state index contributed by atoms with van der Waals surface area (Å²) >= 11 is 0. The number of rotatable bonds is 6. The van der Waals surface area contributed by atoms with Crippen molar-refractivity contribution in [3.8, 4) is 0 Å². The quantitative estimate of drug-likeness (QED) is 0.605. The second-order valence-electron chi connectivity index (χ2n) is 3.90. The van der Waals surface area contributed by atoms with Crippen LogP contribution in [-0.4, -0.2) is 64.4 Å². The molecule has 0 aromatic rings. The summed E-state index contributed by atoms with van der Waals surface area (Å²) in [7, 11) is 7.60. The van der Waals surface area contributed by atoms with E-state index < -0.39 is 9.12 Å². The summed E-state index contributed by atoms with van der Waals surface area (Å²) in [4.78, 5) is 2.33. The molecule has 0 heterocycles. The maximum atomic E-state index is 2.37. The predicted molar refractivity (Wildman–Crippen MR) is 66.6 cm³/mol. The average Bonchev–Trinajstić information content (AvgIpc) is 2.11. The van der Waals surface area contributed by atoms with Crippen molar-refractivity contribution in [2.75, 3.05) is 41.3 Å². The third-order valence-corrected chi connectivity index (χ3v) is 4.97. The molecule has 84 valence electrons. The van der Waals surface area contributed by atoms with E-state index in [9.17, 15) is 0 Å². The van der Waals surface area contributed by atoms with E-state index in [1.165, 1.54) is 0 Å². The molecule has 0 saturated heterocycles. The summed E-state index contributed by atoms with van der Waals surface area (Å²) < 4.78 is 4.67. The van der Waals surface area contributed by atoms with Gasteiger partial charge in [-0.1, -0.05) is 5.70 Å². The van der Waals surface area contributed by atoms with E-state index >= 15 is 0 Å². The van der Waals surface area contributed by atoms with Gasteiger partial charge in [-0.25, -0.2) is 0 Å². The van der Waals surface area contributed by atoms with Crippen molar-refractivity contribution in [1.29, 1.82) is 0 Å². The molecule has 0 atom stereocenters. The molecule has 0 rings (SSSR count). The van der Waals surface area contributed by atoms with Gasteiger partial charge in [0.25, 0.3) is 0 Å². The van der Waals surface area contributed by atoms with Gasteiger partial charge in [0.15, 0.2) is 0 Å². The summed E-state index contributed by atoms with van der Waals surface area (Å²) in [6, 6.07) is 0. The van der Waals surface area contributed by atoms with Gasteiger partial charge in [-0.15, -0.1) is 0 Å². The molecule has 4 heteroatoms. The van der Waals surface area contributed by atoms with Crippen LogP contribution in [-0.2, 0) is 0 Å². The minimum absolute atomic E-state index is 1.02. The van der Waals surface area contributed by atoms with Gasteiger partial charge in [0.05, 0.1) is 0 Å². The molecule has 0 aliphatic carbocycles. The zero-order valence-electron chi connectivity index (χ0n) is 10.5. The molecule has 0 aliphatic heterocycles. The molecule has 0 amide bonds. The smallest absolute Gasteiger partial charge is 0.216 e. The lowest BCUT2D eigenvalue weighted by Crippen LogP contribution is -2.44. The average molecular weight is 215 g/mol. The second kappa shape index (κ2) is 7.03. The van der Waals surface area contributed by atoms with Gasteiger partial charge in [0.1, 0.15) is 0 Å². The lowest BCUT2D eigenvalue weighted by atomic mass is 10.5. The summed E-state index contributed by atoms with van der Waals surface area (Å²) in [6.45, 7) is 6.56. The first kappa shape index (κ1) is 13.7. The van der Waals surface area contributed by atoms with E-state index in [0.717, 1.165) is 13.1 Å². The Morgan fingerprint density at radius 1 is 0.929 bits per heavy atom. The highest BCUT2D eigenvalue weighted by Crippen LogP contribution is 1.96. The molecule has 0 N–H and O–H groups in total. The van der Waals surface area contributed by atoms with Gasteiger partial charge in [0.2, 0.25) is 9.12 Å². The molecule has 0 bridgehead atoms. The maximum absolute atomic E-state index is 2.37. The molecule has 0 radical (unpaired) electrons. The van der Waals surface area contributed by atoms with E-state index in [1.54, 1.807) is 0 Å². The van der Waals surface area contributed by atoms with Crippen LogP contribution in [0.25, 0.3) is 0 Å². The lowest BCUT2D eigenvalue weighted by molar-refractivity contribution is 0.418. The third-order valence-electron chi connectivity index (χ3n) is 2.34. The number of hydrogen-bond donors (Lipinski definition) is 0. The normalized spacial score (nSPS) is 12.4. The first-order valence-corrected chi connectivity index (χ1v) is 6.98. The van der Waals surface area contributed by atoms with Crippen molar-refractivity contribution in [2.24, 2.45) is 0 Å². The number of hydrogen-bond acceptors (Lipinski definition) is 3. The fourth-order valence-electron chi connectivity index (χ4n) is 1.44. The van der Waals surface area contributed by atoms with Gasteiger partial charge in [-0.2, -0.15) is 0 Å². The van der Waals surface area contributed by atoms with Crippen molar-refractivity contribution in [2.45, 2.75) is 13.8 Å². The largest absolute Gasteiger partial charge is 0.378 e. The van der Waals surface area contributed by atoms with E-state index in [1.807, 2.05) is 0 Å². The molecule has 0 unspecified atom stereocenters. The minimum atomic E-state index is -1.02. The Bertz CT molecular complexity index is 157. The minimum Gasteiger partial charge on any atom is -0.378 e. The lowest BCUT2D eigenvalue weighted by Gasteiger charge is -2.26. The molecule has 0 aromatic carbocycles.